The smallest absolute Gasteiger partial charge is 0.319 e. The molecule has 0 heterocycles. The molecule has 0 amide bonds. The molecular weight excluding hydrogens is 234 g/mol. The summed E-state index contributed by atoms with van der Waals surface area (Å²) in [5.41, 5.74) is 0. The number of esters is 2. The summed E-state index contributed by atoms with van der Waals surface area (Å²) in [5.74, 6) is 0.0910. The largest absolute Gasteiger partial charge is 0.465 e. The maximum Gasteiger partial charge on any atom is 0.319 e. The topological polar surface area (TPSA) is 64.6 Å². The van der Waals surface area contributed by atoms with E-state index in [1.54, 1.807) is 6.92 Å². The zero-order chi connectivity index (χ0) is 13.8. The molecule has 0 aliphatic rings. The third-order valence-corrected chi connectivity index (χ3v) is 2.65. The first-order chi connectivity index (χ1) is 8.60. The second-order valence-corrected chi connectivity index (χ2v) is 4.25. The van der Waals surface area contributed by atoms with Crippen LogP contribution in [0.1, 0.15) is 40.0 Å². The van der Waals surface area contributed by atoms with Crippen LogP contribution in [-0.2, 0) is 19.1 Å². The highest BCUT2D eigenvalue weighted by Gasteiger charge is 2.06. The quantitative estimate of drug-likeness (QED) is 0.476. The Morgan fingerprint density at radius 3 is 2.50 bits per heavy atom. The lowest BCUT2D eigenvalue weighted by Crippen LogP contribution is -2.28. The zero-order valence-electron chi connectivity index (χ0n) is 11.7. The van der Waals surface area contributed by atoms with Gasteiger partial charge in [-0.15, -0.1) is 0 Å². The van der Waals surface area contributed by atoms with Gasteiger partial charge in [0, 0.05) is 13.0 Å². The standard InChI is InChI=1S/C13H25NO4/c1-4-11(3)6-7-12(15)18-9-8-14-10-13(16)17-5-2/h11,14H,4-10H2,1-3H3. The fraction of sp³-hybridized carbons (Fsp3) is 0.846. The first kappa shape index (κ1) is 16.9. The maximum absolute atomic E-state index is 11.3. The van der Waals surface area contributed by atoms with Crippen molar-refractivity contribution in [2.75, 3.05) is 26.3 Å². The van der Waals surface area contributed by atoms with Crippen LogP contribution in [0.2, 0.25) is 0 Å². The van der Waals surface area contributed by atoms with Crippen LogP contribution in [-0.4, -0.2) is 38.2 Å². The Kier molecular flexibility index (Phi) is 10.3. The fourth-order valence-corrected chi connectivity index (χ4v) is 1.28. The van der Waals surface area contributed by atoms with Crippen molar-refractivity contribution >= 4 is 11.9 Å². The van der Waals surface area contributed by atoms with Crippen LogP contribution >= 0.6 is 0 Å². The molecule has 0 fully saturated rings. The van der Waals surface area contributed by atoms with E-state index < -0.39 is 0 Å². The van der Waals surface area contributed by atoms with Gasteiger partial charge in [-0.05, 0) is 19.3 Å². The second-order valence-electron chi connectivity index (χ2n) is 4.25. The molecule has 1 atom stereocenters. The summed E-state index contributed by atoms with van der Waals surface area (Å²) in [5, 5.41) is 2.85. The summed E-state index contributed by atoms with van der Waals surface area (Å²) >= 11 is 0. The van der Waals surface area contributed by atoms with Crippen molar-refractivity contribution in [3.63, 3.8) is 0 Å². The molecule has 1 N–H and O–H groups in total. The van der Waals surface area contributed by atoms with Gasteiger partial charge in [0.15, 0.2) is 0 Å². The molecule has 0 saturated heterocycles. The van der Waals surface area contributed by atoms with E-state index in [4.69, 9.17) is 9.47 Å². The molecular formula is C13H25NO4. The number of nitrogens with one attached hydrogen (secondary N) is 1. The number of hydrogen-bond acceptors (Lipinski definition) is 5. The lowest BCUT2D eigenvalue weighted by Gasteiger charge is -2.08. The summed E-state index contributed by atoms with van der Waals surface area (Å²) in [6.07, 6.45) is 2.41. The van der Waals surface area contributed by atoms with Gasteiger partial charge < -0.3 is 14.8 Å². The molecule has 0 aliphatic carbocycles. The second kappa shape index (κ2) is 11.0. The molecule has 18 heavy (non-hydrogen) atoms. The summed E-state index contributed by atoms with van der Waals surface area (Å²) in [7, 11) is 0. The van der Waals surface area contributed by atoms with Crippen LogP contribution in [0.4, 0.5) is 0 Å². The predicted octanol–water partition coefficient (Wildman–Crippen LogP) is 1.51. The monoisotopic (exact) mass is 259 g/mol. The van der Waals surface area contributed by atoms with Crippen LogP contribution in [0.15, 0.2) is 0 Å². The number of rotatable bonds is 10. The minimum absolute atomic E-state index is 0.151. The Balaban J connectivity index is 3.38. The number of carbonyl (C=O) groups excluding carboxylic acids is 2. The van der Waals surface area contributed by atoms with Crippen molar-refractivity contribution in [2.24, 2.45) is 5.92 Å². The van der Waals surface area contributed by atoms with E-state index in [2.05, 4.69) is 19.2 Å². The van der Waals surface area contributed by atoms with E-state index in [0.717, 1.165) is 12.8 Å². The summed E-state index contributed by atoms with van der Waals surface area (Å²) in [6, 6.07) is 0. The molecule has 106 valence electrons. The molecule has 0 bridgehead atoms. The van der Waals surface area contributed by atoms with Crippen molar-refractivity contribution < 1.29 is 19.1 Å². The van der Waals surface area contributed by atoms with Gasteiger partial charge in [-0.1, -0.05) is 20.3 Å². The average Bonchev–Trinajstić information content (AvgIpc) is 2.35. The molecule has 0 radical (unpaired) electrons. The molecule has 1 unspecified atom stereocenters. The molecule has 0 aliphatic heterocycles. The summed E-state index contributed by atoms with van der Waals surface area (Å²) in [6.45, 7) is 7.27. The third kappa shape index (κ3) is 10.1. The molecule has 0 aromatic rings. The van der Waals surface area contributed by atoms with Crippen molar-refractivity contribution in [3.05, 3.63) is 0 Å². The van der Waals surface area contributed by atoms with Crippen LogP contribution in [0.25, 0.3) is 0 Å². The van der Waals surface area contributed by atoms with E-state index in [1.807, 2.05) is 0 Å². The van der Waals surface area contributed by atoms with Crippen LogP contribution < -0.4 is 5.32 Å². The van der Waals surface area contributed by atoms with E-state index >= 15 is 0 Å². The van der Waals surface area contributed by atoms with Crippen molar-refractivity contribution in [3.8, 4) is 0 Å². The van der Waals surface area contributed by atoms with Crippen LogP contribution in [0, 0.1) is 5.92 Å². The Morgan fingerprint density at radius 2 is 1.89 bits per heavy atom. The van der Waals surface area contributed by atoms with E-state index in [-0.39, 0.29) is 18.5 Å². The highest BCUT2D eigenvalue weighted by Crippen LogP contribution is 2.09. The zero-order valence-corrected chi connectivity index (χ0v) is 11.7. The Labute approximate surface area is 109 Å². The van der Waals surface area contributed by atoms with Crippen molar-refractivity contribution in [1.29, 1.82) is 0 Å². The van der Waals surface area contributed by atoms with E-state index in [0.29, 0.717) is 32.1 Å². The lowest BCUT2D eigenvalue weighted by molar-refractivity contribution is -0.143. The Hall–Kier alpha value is -1.10. The molecule has 5 heteroatoms. The first-order valence-electron chi connectivity index (χ1n) is 6.62. The minimum atomic E-state index is -0.291. The van der Waals surface area contributed by atoms with Crippen LogP contribution in [0.3, 0.4) is 0 Å². The van der Waals surface area contributed by atoms with Gasteiger partial charge in [0.2, 0.25) is 0 Å². The molecule has 0 rings (SSSR count). The molecule has 0 aromatic heterocycles. The van der Waals surface area contributed by atoms with Gasteiger partial charge in [0.1, 0.15) is 6.61 Å². The summed E-state index contributed by atoms with van der Waals surface area (Å²) in [4.78, 5) is 22.3. The van der Waals surface area contributed by atoms with Crippen molar-refractivity contribution in [2.45, 2.75) is 40.0 Å². The number of hydrogen-bond donors (Lipinski definition) is 1. The van der Waals surface area contributed by atoms with Gasteiger partial charge in [0.05, 0.1) is 13.2 Å². The molecule has 0 spiro atoms. The molecule has 0 aromatic carbocycles. The SMILES string of the molecule is CCOC(=O)CNCCOC(=O)CCC(C)CC. The van der Waals surface area contributed by atoms with Crippen LogP contribution in [0.5, 0.6) is 0 Å². The Morgan fingerprint density at radius 1 is 1.17 bits per heavy atom. The fourth-order valence-electron chi connectivity index (χ4n) is 1.28. The average molecular weight is 259 g/mol. The minimum Gasteiger partial charge on any atom is -0.465 e. The van der Waals surface area contributed by atoms with Gasteiger partial charge in [-0.2, -0.15) is 0 Å². The molecule has 0 saturated carbocycles. The van der Waals surface area contributed by atoms with Crippen molar-refractivity contribution in [1.82, 2.24) is 5.32 Å². The van der Waals surface area contributed by atoms with E-state index in [1.165, 1.54) is 0 Å². The van der Waals surface area contributed by atoms with Gasteiger partial charge >= 0.3 is 11.9 Å². The van der Waals surface area contributed by atoms with Gasteiger partial charge in [-0.25, -0.2) is 0 Å². The lowest BCUT2D eigenvalue weighted by atomic mass is 10.0. The molecule has 5 nitrogen and oxygen atoms in total. The normalized spacial score (nSPS) is 11.9. The number of ether oxygens (including phenoxy) is 2. The number of carbonyl (C=O) groups is 2. The highest BCUT2D eigenvalue weighted by atomic mass is 16.5. The first-order valence-corrected chi connectivity index (χ1v) is 6.62. The van der Waals surface area contributed by atoms with Gasteiger partial charge in [0.25, 0.3) is 0 Å². The maximum atomic E-state index is 11.3. The van der Waals surface area contributed by atoms with E-state index in [9.17, 15) is 9.59 Å². The third-order valence-electron chi connectivity index (χ3n) is 2.65. The highest BCUT2D eigenvalue weighted by molar-refractivity contribution is 5.71. The predicted molar refractivity (Wildman–Crippen MR) is 69.2 cm³/mol. The van der Waals surface area contributed by atoms with Gasteiger partial charge in [-0.3, -0.25) is 9.59 Å². The Bertz CT molecular complexity index is 243. The summed E-state index contributed by atoms with van der Waals surface area (Å²) < 4.78 is 9.76.